The van der Waals surface area contributed by atoms with E-state index in [2.05, 4.69) is 34.9 Å². The van der Waals surface area contributed by atoms with Gasteiger partial charge in [0.1, 0.15) is 12.6 Å². The lowest BCUT2D eigenvalue weighted by atomic mass is 9.98. The van der Waals surface area contributed by atoms with Crippen LogP contribution in [0.25, 0.3) is 11.1 Å². The molecule has 2 aliphatic carbocycles. The first-order valence-electron chi connectivity index (χ1n) is 12.1. The highest BCUT2D eigenvalue weighted by Gasteiger charge is 2.34. The molecule has 0 radical (unpaired) electrons. The number of aliphatic carboxylic acids is 1. The first-order chi connectivity index (χ1) is 16.8. The van der Waals surface area contributed by atoms with Crippen molar-refractivity contribution < 1.29 is 24.2 Å². The monoisotopic (exact) mass is 479 g/mol. The maximum absolute atomic E-state index is 12.9. The summed E-state index contributed by atoms with van der Waals surface area (Å²) in [6.07, 6.45) is 1.36. The molecule has 2 aromatic rings. The Kier molecular flexibility index (Phi) is 7.70. The van der Waals surface area contributed by atoms with Crippen molar-refractivity contribution in [1.82, 2.24) is 15.5 Å². The number of ether oxygens (including phenoxy) is 1. The van der Waals surface area contributed by atoms with Crippen LogP contribution in [-0.2, 0) is 14.3 Å². The van der Waals surface area contributed by atoms with Crippen LogP contribution in [0.3, 0.4) is 0 Å². The van der Waals surface area contributed by atoms with Crippen LogP contribution in [0.4, 0.5) is 4.79 Å². The van der Waals surface area contributed by atoms with Gasteiger partial charge in [0, 0.05) is 19.0 Å². The minimum absolute atomic E-state index is 0.0309. The van der Waals surface area contributed by atoms with Gasteiger partial charge in [-0.1, -0.05) is 48.5 Å². The fourth-order valence-electron chi connectivity index (χ4n) is 4.89. The average Bonchev–Trinajstić information content (AvgIpc) is 3.62. The van der Waals surface area contributed by atoms with E-state index in [4.69, 9.17) is 9.84 Å². The van der Waals surface area contributed by atoms with E-state index in [1.54, 1.807) is 0 Å². The number of carboxylic acid groups (broad SMARTS) is 1. The van der Waals surface area contributed by atoms with Crippen LogP contribution in [0, 0.1) is 11.8 Å². The number of alkyl carbamates (subject to hydrolysis) is 1. The molecule has 2 amide bonds. The lowest BCUT2D eigenvalue weighted by Gasteiger charge is -2.23. The average molecular weight is 480 g/mol. The van der Waals surface area contributed by atoms with Gasteiger partial charge < -0.3 is 25.4 Å². The summed E-state index contributed by atoms with van der Waals surface area (Å²) >= 11 is 0. The third kappa shape index (κ3) is 6.19. The normalized spacial score (nSPS) is 16.2. The van der Waals surface area contributed by atoms with Crippen LogP contribution in [0.2, 0.25) is 0 Å². The SMILES string of the molecule is CN(C)CC(NC(=O)OCC1c2ccccc2-c2ccccc21)C(=O)NCC(CC(=O)O)C1CC1. The maximum Gasteiger partial charge on any atom is 0.407 e. The Balaban J connectivity index is 1.36. The van der Waals surface area contributed by atoms with Crippen LogP contribution in [0.15, 0.2) is 48.5 Å². The van der Waals surface area contributed by atoms with Gasteiger partial charge in [0.15, 0.2) is 0 Å². The standard InChI is InChI=1S/C27H33N3O5/c1-30(2)15-24(26(33)28-14-18(13-25(31)32)17-11-12-17)29-27(34)35-16-23-21-9-5-3-7-19(21)20-8-4-6-10-22(20)23/h3-10,17-18,23-24H,11-16H2,1-2H3,(H,28,33)(H,29,34)(H,31,32). The molecule has 4 rings (SSSR count). The van der Waals surface area contributed by atoms with Crippen molar-refractivity contribution in [2.75, 3.05) is 33.8 Å². The smallest absolute Gasteiger partial charge is 0.407 e. The van der Waals surface area contributed by atoms with Crippen LogP contribution < -0.4 is 10.6 Å². The largest absolute Gasteiger partial charge is 0.481 e. The lowest BCUT2D eigenvalue weighted by Crippen LogP contribution is -2.52. The molecule has 186 valence electrons. The summed E-state index contributed by atoms with van der Waals surface area (Å²) in [5.41, 5.74) is 4.53. The predicted molar refractivity (Wildman–Crippen MR) is 132 cm³/mol. The molecule has 2 atom stereocenters. The van der Waals surface area contributed by atoms with E-state index < -0.39 is 18.1 Å². The Morgan fingerprint density at radius 1 is 1.03 bits per heavy atom. The van der Waals surface area contributed by atoms with E-state index >= 15 is 0 Å². The first-order valence-corrected chi connectivity index (χ1v) is 12.1. The van der Waals surface area contributed by atoms with Crippen molar-refractivity contribution in [3.05, 3.63) is 59.7 Å². The van der Waals surface area contributed by atoms with Gasteiger partial charge in [-0.2, -0.15) is 0 Å². The molecular formula is C27H33N3O5. The third-order valence-electron chi connectivity index (χ3n) is 6.76. The third-order valence-corrected chi connectivity index (χ3v) is 6.76. The topological polar surface area (TPSA) is 108 Å². The van der Waals surface area contributed by atoms with Crippen molar-refractivity contribution in [2.24, 2.45) is 11.8 Å². The van der Waals surface area contributed by atoms with Gasteiger partial charge in [0.2, 0.25) is 5.91 Å². The van der Waals surface area contributed by atoms with Crippen molar-refractivity contribution in [3.63, 3.8) is 0 Å². The molecule has 0 aromatic heterocycles. The van der Waals surface area contributed by atoms with Crippen molar-refractivity contribution in [1.29, 1.82) is 0 Å². The number of hydrogen-bond donors (Lipinski definition) is 3. The Bertz CT molecular complexity index is 1040. The minimum Gasteiger partial charge on any atom is -0.481 e. The molecule has 0 spiro atoms. The molecule has 2 unspecified atom stereocenters. The molecule has 0 bridgehead atoms. The number of rotatable bonds is 11. The molecule has 0 saturated heterocycles. The van der Waals surface area contributed by atoms with Crippen LogP contribution in [-0.4, -0.2) is 67.8 Å². The zero-order valence-corrected chi connectivity index (χ0v) is 20.2. The molecule has 2 aromatic carbocycles. The highest BCUT2D eigenvalue weighted by atomic mass is 16.5. The van der Waals surface area contributed by atoms with Crippen molar-refractivity contribution in [3.8, 4) is 11.1 Å². The quantitative estimate of drug-likeness (QED) is 0.457. The minimum atomic E-state index is -0.863. The first kappa shape index (κ1) is 24.7. The molecule has 1 fully saturated rings. The molecule has 8 heteroatoms. The summed E-state index contributed by atoms with van der Waals surface area (Å²) in [6.45, 7) is 0.744. The van der Waals surface area contributed by atoms with Gasteiger partial charge in [-0.3, -0.25) is 9.59 Å². The summed E-state index contributed by atoms with van der Waals surface area (Å²) in [5.74, 6) is -1.02. The number of carbonyl (C=O) groups excluding carboxylic acids is 2. The van der Waals surface area contributed by atoms with Crippen LogP contribution >= 0.6 is 0 Å². The molecule has 35 heavy (non-hydrogen) atoms. The van der Waals surface area contributed by atoms with E-state index in [0.717, 1.165) is 35.1 Å². The van der Waals surface area contributed by atoms with Gasteiger partial charge in [-0.25, -0.2) is 4.79 Å². The molecule has 8 nitrogen and oxygen atoms in total. The van der Waals surface area contributed by atoms with E-state index in [9.17, 15) is 14.4 Å². The number of benzene rings is 2. The van der Waals surface area contributed by atoms with Gasteiger partial charge in [-0.05, 0) is 61.0 Å². The molecular weight excluding hydrogens is 446 g/mol. The number of carbonyl (C=O) groups is 3. The van der Waals surface area contributed by atoms with Crippen LogP contribution in [0.1, 0.15) is 36.3 Å². The second-order valence-corrected chi connectivity index (χ2v) is 9.73. The molecule has 2 aliphatic rings. The number of hydrogen-bond acceptors (Lipinski definition) is 5. The summed E-state index contributed by atoms with van der Waals surface area (Å²) in [4.78, 5) is 38.6. The summed E-state index contributed by atoms with van der Waals surface area (Å²) < 4.78 is 5.60. The Labute approximate surface area is 205 Å². The fourth-order valence-corrected chi connectivity index (χ4v) is 4.89. The zero-order chi connectivity index (χ0) is 24.9. The summed E-state index contributed by atoms with van der Waals surface area (Å²) in [5, 5.41) is 14.7. The Morgan fingerprint density at radius 3 is 2.17 bits per heavy atom. The number of carboxylic acids is 1. The van der Waals surface area contributed by atoms with E-state index in [0.29, 0.717) is 12.5 Å². The second-order valence-electron chi connectivity index (χ2n) is 9.73. The van der Waals surface area contributed by atoms with E-state index in [-0.39, 0.29) is 37.3 Å². The van der Waals surface area contributed by atoms with E-state index in [1.807, 2.05) is 43.3 Å². The van der Waals surface area contributed by atoms with Gasteiger partial charge >= 0.3 is 12.1 Å². The summed E-state index contributed by atoms with van der Waals surface area (Å²) in [6, 6.07) is 15.4. The molecule has 0 aliphatic heterocycles. The van der Waals surface area contributed by atoms with Gasteiger partial charge in [-0.15, -0.1) is 0 Å². The summed E-state index contributed by atoms with van der Waals surface area (Å²) in [7, 11) is 3.63. The Hall–Kier alpha value is -3.39. The Morgan fingerprint density at radius 2 is 1.63 bits per heavy atom. The van der Waals surface area contributed by atoms with Crippen molar-refractivity contribution in [2.45, 2.75) is 31.2 Å². The predicted octanol–water partition coefficient (Wildman–Crippen LogP) is 3.07. The zero-order valence-electron chi connectivity index (χ0n) is 20.2. The van der Waals surface area contributed by atoms with Crippen LogP contribution in [0.5, 0.6) is 0 Å². The molecule has 3 N–H and O–H groups in total. The number of nitrogens with one attached hydrogen (secondary N) is 2. The fraction of sp³-hybridized carbons (Fsp3) is 0.444. The lowest BCUT2D eigenvalue weighted by molar-refractivity contribution is -0.138. The van der Waals surface area contributed by atoms with Crippen molar-refractivity contribution >= 4 is 18.0 Å². The molecule has 1 saturated carbocycles. The highest BCUT2D eigenvalue weighted by Crippen LogP contribution is 2.44. The molecule has 0 heterocycles. The van der Waals surface area contributed by atoms with Gasteiger partial charge in [0.25, 0.3) is 0 Å². The number of amides is 2. The number of nitrogens with zero attached hydrogens (tertiary/aromatic N) is 1. The second kappa shape index (κ2) is 10.9. The number of likely N-dealkylation sites (N-methyl/N-ethyl adjacent to an activating group) is 1. The van der Waals surface area contributed by atoms with E-state index in [1.165, 1.54) is 0 Å². The maximum atomic E-state index is 12.9. The highest BCUT2D eigenvalue weighted by molar-refractivity contribution is 5.86. The number of fused-ring (bicyclic) bond motifs is 3. The van der Waals surface area contributed by atoms with Gasteiger partial charge in [0.05, 0.1) is 6.42 Å².